The van der Waals surface area contributed by atoms with Crippen LogP contribution in [0.1, 0.15) is 21.5 Å². The molecule has 0 aromatic heterocycles. The van der Waals surface area contributed by atoms with Crippen LogP contribution in [0, 0.1) is 0 Å². The van der Waals surface area contributed by atoms with E-state index in [-0.39, 0.29) is 23.8 Å². The molecule has 0 radical (unpaired) electrons. The summed E-state index contributed by atoms with van der Waals surface area (Å²) in [6.07, 6.45) is 0.368. The number of anilines is 1. The number of likely N-dealkylation sites (N-methyl/N-ethyl adjacent to an activating group) is 1. The Labute approximate surface area is 145 Å². The van der Waals surface area contributed by atoms with Crippen LogP contribution in [0.15, 0.2) is 48.5 Å². The molecule has 2 amide bonds. The van der Waals surface area contributed by atoms with E-state index in [0.717, 1.165) is 5.56 Å². The summed E-state index contributed by atoms with van der Waals surface area (Å²) in [6, 6.07) is 13.2. The van der Waals surface area contributed by atoms with Gasteiger partial charge in [-0.2, -0.15) is 0 Å². The third kappa shape index (κ3) is 3.10. The van der Waals surface area contributed by atoms with Crippen molar-refractivity contribution in [2.24, 2.45) is 0 Å². The van der Waals surface area contributed by atoms with Gasteiger partial charge in [-0.1, -0.05) is 36.4 Å². The molecule has 3 rings (SSSR count). The van der Waals surface area contributed by atoms with Gasteiger partial charge in [-0.15, -0.1) is 0 Å². The van der Waals surface area contributed by atoms with E-state index in [1.54, 1.807) is 24.3 Å². The Bertz CT molecular complexity index is 847. The Kier molecular flexibility index (Phi) is 4.52. The minimum absolute atomic E-state index is 0.0791. The summed E-state index contributed by atoms with van der Waals surface area (Å²) in [5.74, 6) is -1.61. The van der Waals surface area contributed by atoms with Crippen molar-refractivity contribution in [2.45, 2.75) is 18.9 Å². The summed E-state index contributed by atoms with van der Waals surface area (Å²) >= 11 is 0. The third-order valence-corrected chi connectivity index (χ3v) is 4.38. The molecule has 0 bridgehead atoms. The van der Waals surface area contributed by atoms with Gasteiger partial charge >= 0.3 is 5.97 Å². The Morgan fingerprint density at radius 1 is 1.12 bits per heavy atom. The van der Waals surface area contributed by atoms with Gasteiger partial charge in [-0.25, -0.2) is 4.79 Å². The van der Waals surface area contributed by atoms with E-state index < -0.39 is 12.0 Å². The third-order valence-electron chi connectivity index (χ3n) is 4.38. The normalized spacial score (nSPS) is 15.6. The smallest absolute Gasteiger partial charge is 0.335 e. The first-order valence-corrected chi connectivity index (χ1v) is 7.95. The predicted molar refractivity (Wildman–Crippen MR) is 92.6 cm³/mol. The number of amides is 2. The van der Waals surface area contributed by atoms with E-state index in [1.165, 1.54) is 18.0 Å². The molecule has 0 aliphatic carbocycles. The summed E-state index contributed by atoms with van der Waals surface area (Å²) in [5, 5.41) is 11.9. The fourth-order valence-electron chi connectivity index (χ4n) is 3.20. The largest absolute Gasteiger partial charge is 0.478 e. The zero-order valence-corrected chi connectivity index (χ0v) is 13.7. The van der Waals surface area contributed by atoms with Crippen LogP contribution in [-0.2, 0) is 22.4 Å². The van der Waals surface area contributed by atoms with Gasteiger partial charge in [0.1, 0.15) is 6.04 Å². The van der Waals surface area contributed by atoms with Crippen LogP contribution in [0.25, 0.3) is 0 Å². The molecule has 2 N–H and O–H groups in total. The molecule has 6 heteroatoms. The lowest BCUT2D eigenvalue weighted by Gasteiger charge is -2.24. The van der Waals surface area contributed by atoms with Crippen LogP contribution in [0.3, 0.4) is 0 Å². The number of hydrogen-bond donors (Lipinski definition) is 2. The second-order valence-electron chi connectivity index (χ2n) is 5.87. The van der Waals surface area contributed by atoms with Crippen molar-refractivity contribution in [1.29, 1.82) is 0 Å². The lowest BCUT2D eigenvalue weighted by molar-refractivity contribution is -0.125. The van der Waals surface area contributed by atoms with Crippen molar-refractivity contribution < 1.29 is 19.5 Å². The highest BCUT2D eigenvalue weighted by atomic mass is 16.4. The fourth-order valence-corrected chi connectivity index (χ4v) is 3.20. The van der Waals surface area contributed by atoms with Crippen LogP contribution in [0.5, 0.6) is 0 Å². The van der Waals surface area contributed by atoms with Crippen LogP contribution >= 0.6 is 0 Å². The van der Waals surface area contributed by atoms with Crippen molar-refractivity contribution in [3.63, 3.8) is 0 Å². The van der Waals surface area contributed by atoms with E-state index in [1.807, 2.05) is 18.2 Å². The number of carbonyl (C=O) groups is 3. The van der Waals surface area contributed by atoms with E-state index in [9.17, 15) is 19.5 Å². The van der Waals surface area contributed by atoms with Gasteiger partial charge in [0.15, 0.2) is 0 Å². The maximum atomic E-state index is 12.9. The summed E-state index contributed by atoms with van der Waals surface area (Å²) in [4.78, 5) is 38.0. The average Bonchev–Trinajstić information content (AvgIpc) is 3.01. The first-order valence-electron chi connectivity index (χ1n) is 7.95. The van der Waals surface area contributed by atoms with E-state index in [2.05, 4.69) is 5.32 Å². The molecule has 2 aromatic carbocycles. The van der Waals surface area contributed by atoms with Crippen molar-refractivity contribution in [2.75, 3.05) is 11.9 Å². The van der Waals surface area contributed by atoms with Crippen molar-refractivity contribution in [3.05, 3.63) is 65.2 Å². The Balaban J connectivity index is 1.94. The molecule has 1 heterocycles. The summed E-state index contributed by atoms with van der Waals surface area (Å²) < 4.78 is 0. The minimum Gasteiger partial charge on any atom is -0.478 e. The van der Waals surface area contributed by atoms with Crippen LogP contribution < -0.4 is 10.2 Å². The molecular weight excluding hydrogens is 320 g/mol. The minimum atomic E-state index is -1.08. The summed E-state index contributed by atoms with van der Waals surface area (Å²) in [7, 11) is 1.54. The van der Waals surface area contributed by atoms with Gasteiger partial charge < -0.3 is 10.4 Å². The zero-order valence-electron chi connectivity index (χ0n) is 13.7. The topological polar surface area (TPSA) is 86.7 Å². The molecule has 2 aromatic rings. The van der Waals surface area contributed by atoms with Gasteiger partial charge in [0.25, 0.3) is 0 Å². The standard InChI is InChI=1S/C19H18N2O4/c1-20-18(23)16-10-13-7-3-5-9-15(13)21(16)17(22)11-12-6-2-4-8-14(12)19(24)25/h2-9,16H,10-11H2,1H3,(H,20,23)(H,24,25)/t16-/m0/s1. The Hall–Kier alpha value is -3.15. The van der Waals surface area contributed by atoms with Gasteiger partial charge in [0.2, 0.25) is 11.8 Å². The predicted octanol–water partition coefficient (Wildman–Crippen LogP) is 1.63. The quantitative estimate of drug-likeness (QED) is 0.887. The molecule has 0 unspecified atom stereocenters. The van der Waals surface area contributed by atoms with E-state index >= 15 is 0 Å². The van der Waals surface area contributed by atoms with Gasteiger partial charge in [-0.3, -0.25) is 14.5 Å². The van der Waals surface area contributed by atoms with Gasteiger partial charge in [0.05, 0.1) is 12.0 Å². The van der Waals surface area contributed by atoms with Gasteiger partial charge in [-0.05, 0) is 23.3 Å². The molecule has 1 atom stereocenters. The molecule has 0 spiro atoms. The summed E-state index contributed by atoms with van der Waals surface area (Å²) in [6.45, 7) is 0. The Morgan fingerprint density at radius 3 is 2.52 bits per heavy atom. The molecule has 0 saturated carbocycles. The lowest BCUT2D eigenvalue weighted by Crippen LogP contribution is -2.47. The van der Waals surface area contributed by atoms with Crippen molar-refractivity contribution in [1.82, 2.24) is 5.32 Å². The average molecular weight is 338 g/mol. The molecule has 1 aliphatic rings. The second kappa shape index (κ2) is 6.76. The fraction of sp³-hybridized carbons (Fsp3) is 0.211. The Morgan fingerprint density at radius 2 is 1.80 bits per heavy atom. The highest BCUT2D eigenvalue weighted by molar-refractivity contribution is 6.05. The van der Waals surface area contributed by atoms with Crippen LogP contribution in [-0.4, -0.2) is 36.0 Å². The maximum Gasteiger partial charge on any atom is 0.335 e. The molecule has 6 nitrogen and oxygen atoms in total. The number of nitrogens with one attached hydrogen (secondary N) is 1. The molecule has 128 valence electrons. The number of fused-ring (bicyclic) bond motifs is 1. The number of nitrogens with zero attached hydrogens (tertiary/aromatic N) is 1. The van der Waals surface area contributed by atoms with Crippen LogP contribution in [0.4, 0.5) is 5.69 Å². The highest BCUT2D eigenvalue weighted by Gasteiger charge is 2.37. The molecule has 1 aliphatic heterocycles. The van der Waals surface area contributed by atoms with Crippen molar-refractivity contribution >= 4 is 23.5 Å². The molecule has 25 heavy (non-hydrogen) atoms. The number of aromatic carboxylic acids is 1. The monoisotopic (exact) mass is 338 g/mol. The number of carboxylic acids is 1. The number of para-hydroxylation sites is 1. The zero-order chi connectivity index (χ0) is 18.0. The van der Waals surface area contributed by atoms with Gasteiger partial charge in [0, 0.05) is 19.2 Å². The van der Waals surface area contributed by atoms with E-state index in [4.69, 9.17) is 0 Å². The molecular formula is C19H18N2O4. The first kappa shape index (κ1) is 16.7. The van der Waals surface area contributed by atoms with Crippen LogP contribution in [0.2, 0.25) is 0 Å². The molecule has 0 fully saturated rings. The summed E-state index contributed by atoms with van der Waals surface area (Å²) in [5.41, 5.74) is 2.16. The van der Waals surface area contributed by atoms with E-state index in [0.29, 0.717) is 17.7 Å². The number of hydrogen-bond acceptors (Lipinski definition) is 3. The number of benzene rings is 2. The number of carbonyl (C=O) groups excluding carboxylic acids is 2. The highest BCUT2D eigenvalue weighted by Crippen LogP contribution is 2.32. The SMILES string of the molecule is CNC(=O)[C@@H]1Cc2ccccc2N1C(=O)Cc1ccccc1C(=O)O. The molecule has 0 saturated heterocycles. The second-order valence-corrected chi connectivity index (χ2v) is 5.87. The first-order chi connectivity index (χ1) is 12.0. The number of carboxylic acid groups (broad SMARTS) is 1. The maximum absolute atomic E-state index is 12.9. The lowest BCUT2D eigenvalue weighted by atomic mass is 10.0. The van der Waals surface area contributed by atoms with Crippen molar-refractivity contribution in [3.8, 4) is 0 Å². The number of rotatable bonds is 4.